The minimum atomic E-state index is 0.545. The van der Waals surface area contributed by atoms with E-state index in [2.05, 4.69) is 56.1 Å². The Bertz CT molecular complexity index is 412. The van der Waals surface area contributed by atoms with Gasteiger partial charge in [0.05, 0.1) is 0 Å². The quantitative estimate of drug-likeness (QED) is 0.510. The van der Waals surface area contributed by atoms with E-state index in [1.165, 1.54) is 55.0 Å². The molecule has 1 aromatic carbocycles. The molecule has 0 nitrogen and oxygen atoms in total. The summed E-state index contributed by atoms with van der Waals surface area (Å²) in [5.41, 5.74) is 1.45. The van der Waals surface area contributed by atoms with Gasteiger partial charge in [0.15, 0.2) is 0 Å². The fourth-order valence-electron chi connectivity index (χ4n) is 4.09. The lowest BCUT2D eigenvalue weighted by molar-refractivity contribution is 0.129. The first-order valence-corrected chi connectivity index (χ1v) is 9.34. The third kappa shape index (κ3) is 3.26. The molecule has 19 heavy (non-hydrogen) atoms. The van der Waals surface area contributed by atoms with Crippen LogP contribution in [0.1, 0.15) is 55.3 Å². The minimum absolute atomic E-state index is 0.545. The molecule has 2 aliphatic carbocycles. The fourth-order valence-corrected chi connectivity index (χ4v) is 5.14. The molecule has 104 valence electrons. The second-order valence-corrected chi connectivity index (χ2v) is 8.23. The Kier molecular flexibility index (Phi) is 4.69. The van der Waals surface area contributed by atoms with Crippen molar-refractivity contribution in [1.82, 2.24) is 0 Å². The van der Waals surface area contributed by atoms with Crippen molar-refractivity contribution >= 4 is 31.9 Å². The highest BCUT2D eigenvalue weighted by molar-refractivity contribution is 9.10. The molecule has 4 atom stereocenters. The van der Waals surface area contributed by atoms with Gasteiger partial charge in [-0.3, -0.25) is 0 Å². The van der Waals surface area contributed by atoms with Crippen LogP contribution < -0.4 is 0 Å². The van der Waals surface area contributed by atoms with Crippen LogP contribution in [0.2, 0.25) is 0 Å². The van der Waals surface area contributed by atoms with Crippen molar-refractivity contribution in [2.75, 3.05) is 0 Å². The highest BCUT2D eigenvalue weighted by atomic mass is 79.9. The SMILES string of the molecule is Brc1ccc(C(Br)C2CCC3CCCCC3C2)cc1. The summed E-state index contributed by atoms with van der Waals surface area (Å²) in [6.07, 6.45) is 10.3. The number of alkyl halides is 1. The van der Waals surface area contributed by atoms with Gasteiger partial charge in [0.1, 0.15) is 0 Å². The van der Waals surface area contributed by atoms with E-state index in [0.29, 0.717) is 4.83 Å². The predicted molar refractivity (Wildman–Crippen MR) is 88.6 cm³/mol. The number of halogens is 2. The molecule has 0 bridgehead atoms. The molecule has 1 aromatic rings. The summed E-state index contributed by atoms with van der Waals surface area (Å²) in [6, 6.07) is 8.85. The highest BCUT2D eigenvalue weighted by Crippen LogP contribution is 2.48. The Morgan fingerprint density at radius 2 is 1.58 bits per heavy atom. The first-order valence-electron chi connectivity index (χ1n) is 7.63. The van der Waals surface area contributed by atoms with Gasteiger partial charge in [-0.2, -0.15) is 0 Å². The Balaban J connectivity index is 1.67. The van der Waals surface area contributed by atoms with Crippen molar-refractivity contribution in [2.45, 2.75) is 49.8 Å². The molecular weight excluding hydrogens is 364 g/mol. The monoisotopic (exact) mass is 384 g/mol. The van der Waals surface area contributed by atoms with Crippen LogP contribution in [0.25, 0.3) is 0 Å². The third-order valence-corrected chi connectivity index (χ3v) is 6.99. The average molecular weight is 386 g/mol. The van der Waals surface area contributed by atoms with Crippen molar-refractivity contribution in [2.24, 2.45) is 17.8 Å². The van der Waals surface area contributed by atoms with Crippen molar-refractivity contribution in [1.29, 1.82) is 0 Å². The van der Waals surface area contributed by atoms with Gasteiger partial charge in [0, 0.05) is 9.30 Å². The maximum atomic E-state index is 3.97. The van der Waals surface area contributed by atoms with E-state index in [0.717, 1.165) is 17.8 Å². The summed E-state index contributed by atoms with van der Waals surface area (Å²) in [5, 5.41) is 0. The first kappa shape index (κ1) is 14.1. The van der Waals surface area contributed by atoms with Crippen LogP contribution in [0, 0.1) is 17.8 Å². The summed E-state index contributed by atoms with van der Waals surface area (Å²) in [6.45, 7) is 0. The van der Waals surface area contributed by atoms with E-state index in [4.69, 9.17) is 0 Å². The molecule has 2 aliphatic rings. The van der Waals surface area contributed by atoms with Gasteiger partial charge >= 0.3 is 0 Å². The molecule has 0 amide bonds. The first-order chi connectivity index (χ1) is 9.24. The Morgan fingerprint density at radius 1 is 0.895 bits per heavy atom. The van der Waals surface area contributed by atoms with E-state index in [-0.39, 0.29) is 0 Å². The average Bonchev–Trinajstić information content (AvgIpc) is 2.47. The Hall–Kier alpha value is 0.180. The summed E-state index contributed by atoms with van der Waals surface area (Å²) in [5.74, 6) is 2.90. The minimum Gasteiger partial charge on any atom is -0.0836 e. The van der Waals surface area contributed by atoms with Gasteiger partial charge in [-0.05, 0) is 54.7 Å². The Labute approximate surface area is 133 Å². The fraction of sp³-hybridized carbons (Fsp3) is 0.647. The lowest BCUT2D eigenvalue weighted by Crippen LogP contribution is -2.29. The van der Waals surface area contributed by atoms with Crippen LogP contribution in [0.4, 0.5) is 0 Å². The van der Waals surface area contributed by atoms with Gasteiger partial charge in [0.2, 0.25) is 0 Å². The normalized spacial score (nSPS) is 32.6. The van der Waals surface area contributed by atoms with Gasteiger partial charge < -0.3 is 0 Å². The molecular formula is C17H22Br2. The molecule has 0 aromatic heterocycles. The predicted octanol–water partition coefficient (Wildman–Crippen LogP) is 6.49. The second-order valence-electron chi connectivity index (χ2n) is 6.33. The molecule has 4 unspecified atom stereocenters. The molecule has 2 heteroatoms. The standard InChI is InChI=1S/C17H22Br2/c18-16-9-7-13(8-10-16)17(19)15-6-5-12-3-1-2-4-14(12)11-15/h7-10,12,14-15,17H,1-6,11H2. The van der Waals surface area contributed by atoms with Crippen molar-refractivity contribution in [3.8, 4) is 0 Å². The maximum absolute atomic E-state index is 3.97. The molecule has 0 aliphatic heterocycles. The summed E-state index contributed by atoms with van der Waals surface area (Å²) in [7, 11) is 0. The van der Waals surface area contributed by atoms with Gasteiger partial charge in [-0.1, -0.05) is 69.7 Å². The molecule has 2 fully saturated rings. The number of hydrogen-bond donors (Lipinski definition) is 0. The number of fused-ring (bicyclic) bond motifs is 1. The second kappa shape index (κ2) is 6.30. The molecule has 2 saturated carbocycles. The van der Waals surface area contributed by atoms with Crippen LogP contribution in [0.5, 0.6) is 0 Å². The molecule has 0 radical (unpaired) electrons. The molecule has 3 rings (SSSR count). The van der Waals surface area contributed by atoms with Crippen molar-refractivity contribution in [3.05, 3.63) is 34.3 Å². The van der Waals surface area contributed by atoms with Crippen LogP contribution in [0.3, 0.4) is 0 Å². The van der Waals surface area contributed by atoms with Crippen molar-refractivity contribution < 1.29 is 0 Å². The smallest absolute Gasteiger partial charge is 0.0423 e. The zero-order chi connectivity index (χ0) is 13.2. The summed E-state index contributed by atoms with van der Waals surface area (Å²) < 4.78 is 1.17. The maximum Gasteiger partial charge on any atom is 0.0423 e. The van der Waals surface area contributed by atoms with E-state index >= 15 is 0 Å². The zero-order valence-corrected chi connectivity index (χ0v) is 14.5. The lowest BCUT2D eigenvalue weighted by Gasteiger charge is -2.41. The van der Waals surface area contributed by atoms with Crippen molar-refractivity contribution in [3.63, 3.8) is 0 Å². The number of hydrogen-bond acceptors (Lipinski definition) is 0. The topological polar surface area (TPSA) is 0 Å². The van der Waals surface area contributed by atoms with Gasteiger partial charge in [0.25, 0.3) is 0 Å². The molecule has 0 saturated heterocycles. The number of rotatable bonds is 2. The van der Waals surface area contributed by atoms with Gasteiger partial charge in [-0.15, -0.1) is 0 Å². The third-order valence-electron chi connectivity index (χ3n) is 5.18. The van der Waals surface area contributed by atoms with Crippen LogP contribution in [-0.2, 0) is 0 Å². The molecule has 0 heterocycles. The van der Waals surface area contributed by atoms with E-state index in [9.17, 15) is 0 Å². The highest BCUT2D eigenvalue weighted by Gasteiger charge is 2.34. The van der Waals surface area contributed by atoms with Crippen LogP contribution >= 0.6 is 31.9 Å². The van der Waals surface area contributed by atoms with E-state index < -0.39 is 0 Å². The molecule has 0 spiro atoms. The Morgan fingerprint density at radius 3 is 2.32 bits per heavy atom. The largest absolute Gasteiger partial charge is 0.0836 e. The lowest BCUT2D eigenvalue weighted by atomic mass is 9.66. The van der Waals surface area contributed by atoms with Crippen LogP contribution in [-0.4, -0.2) is 0 Å². The summed E-state index contributed by atoms with van der Waals surface area (Å²) in [4.78, 5) is 0.545. The molecule has 0 N–H and O–H groups in total. The zero-order valence-electron chi connectivity index (χ0n) is 11.3. The number of benzene rings is 1. The summed E-state index contributed by atoms with van der Waals surface area (Å²) >= 11 is 7.49. The van der Waals surface area contributed by atoms with Crippen LogP contribution in [0.15, 0.2) is 28.7 Å². The van der Waals surface area contributed by atoms with Gasteiger partial charge in [-0.25, -0.2) is 0 Å². The van der Waals surface area contributed by atoms with E-state index in [1.807, 2.05) is 0 Å². The van der Waals surface area contributed by atoms with E-state index in [1.54, 1.807) is 0 Å².